The van der Waals surface area contributed by atoms with E-state index in [1.165, 1.54) is 0 Å². The molecule has 4 aliphatic carbocycles. The Morgan fingerprint density at radius 2 is 2.09 bits per heavy atom. The van der Waals surface area contributed by atoms with E-state index in [4.69, 9.17) is 2.74 Å². The Kier molecular flexibility index (Phi) is 2.82. The highest BCUT2D eigenvalue weighted by molar-refractivity contribution is 5.71. The maximum atomic E-state index is 11.8. The topological polar surface area (TPSA) is 77.8 Å². The molecule has 0 heterocycles. The van der Waals surface area contributed by atoms with Crippen molar-refractivity contribution < 1.29 is 22.9 Å². The van der Waals surface area contributed by atoms with E-state index in [-0.39, 0.29) is 35.1 Å². The van der Waals surface area contributed by atoms with Crippen LogP contribution in [-0.4, -0.2) is 33.5 Å². The third-order valence-electron chi connectivity index (χ3n) is 7.97. The molecule has 0 amide bonds. The fourth-order valence-electron chi connectivity index (χ4n) is 7.15. The number of aliphatic hydroxyl groups is 2. The van der Waals surface area contributed by atoms with E-state index >= 15 is 0 Å². The molecule has 8 atom stereocenters. The van der Waals surface area contributed by atoms with Gasteiger partial charge in [-0.15, -0.1) is 0 Å². The van der Waals surface area contributed by atoms with Gasteiger partial charge in [0.05, 0.1) is 20.9 Å². The van der Waals surface area contributed by atoms with Gasteiger partial charge in [0.15, 0.2) is 0 Å². The predicted octanol–water partition coefficient (Wildman–Crippen LogP) is 2.59. The summed E-state index contributed by atoms with van der Waals surface area (Å²) in [5, 5.41) is 31.2. The molecular weight excluding hydrogens is 293 g/mol. The molecule has 128 valence electrons. The molecular formula is C19H28O4. The van der Waals surface area contributed by atoms with Crippen LogP contribution < -0.4 is 0 Å². The van der Waals surface area contributed by atoms with E-state index in [1.807, 2.05) is 0 Å². The summed E-state index contributed by atoms with van der Waals surface area (Å²) in [7, 11) is 0. The zero-order valence-corrected chi connectivity index (χ0v) is 13.7. The van der Waals surface area contributed by atoms with Crippen LogP contribution in [0, 0.1) is 34.5 Å². The molecule has 4 saturated carbocycles. The Morgan fingerprint density at radius 3 is 2.78 bits per heavy atom. The standard InChI is InChI=1S/C19H28O4/c1-10-11-3-4-15-18(2)9-12(20)7-13(17(22)23)14(18)5-6-19(15,8-11)16(10)21/h11-16,20-21H,1,3-9H2,2H3,(H,22,23)/t11-,12-,13-,14-,15+,16+,18-,19-/m1/s1/i1+1D2. The van der Waals surface area contributed by atoms with Crippen molar-refractivity contribution in [3.05, 3.63) is 12.1 Å². The Balaban J connectivity index is 1.77. The first-order valence-corrected chi connectivity index (χ1v) is 8.97. The van der Waals surface area contributed by atoms with Crippen molar-refractivity contribution in [3.63, 3.8) is 0 Å². The van der Waals surface area contributed by atoms with Crippen molar-refractivity contribution in [2.45, 2.75) is 64.1 Å². The number of hydrogen-bond acceptors (Lipinski definition) is 3. The lowest BCUT2D eigenvalue weighted by Crippen LogP contribution is -2.59. The number of aliphatic carboxylic acids is 1. The third-order valence-corrected chi connectivity index (χ3v) is 7.97. The first kappa shape index (κ1) is 13.4. The average Bonchev–Trinajstić information content (AvgIpc) is 2.72. The monoisotopic (exact) mass is 323 g/mol. The molecule has 0 radical (unpaired) electrons. The summed E-state index contributed by atoms with van der Waals surface area (Å²) in [5.74, 6) is -1.02. The van der Waals surface area contributed by atoms with Crippen LogP contribution in [0.1, 0.15) is 54.6 Å². The first-order chi connectivity index (χ1) is 11.7. The number of hydrogen-bond donors (Lipinski definition) is 3. The summed E-state index contributed by atoms with van der Waals surface area (Å²) < 4.78 is 15.6. The Bertz CT molecular complexity index is 631. The van der Waals surface area contributed by atoms with Crippen molar-refractivity contribution in [2.24, 2.45) is 34.5 Å². The quantitative estimate of drug-likeness (QED) is 0.512. The minimum Gasteiger partial charge on any atom is -0.481 e. The van der Waals surface area contributed by atoms with Gasteiger partial charge in [-0.25, -0.2) is 0 Å². The van der Waals surface area contributed by atoms with Crippen LogP contribution in [0.2, 0.25) is 0 Å². The number of rotatable bonds is 1. The molecule has 2 bridgehead atoms. The van der Waals surface area contributed by atoms with E-state index in [9.17, 15) is 20.1 Å². The third kappa shape index (κ3) is 1.88. The Hall–Kier alpha value is -0.870. The number of carbonyl (C=O) groups is 1. The van der Waals surface area contributed by atoms with E-state index in [1.54, 1.807) is 0 Å². The summed E-state index contributed by atoms with van der Waals surface area (Å²) in [6, 6.07) is 0. The molecule has 0 aliphatic heterocycles. The lowest BCUT2D eigenvalue weighted by Gasteiger charge is -2.62. The lowest BCUT2D eigenvalue weighted by molar-refractivity contribution is -0.184. The lowest BCUT2D eigenvalue weighted by atomic mass is 9.43. The van der Waals surface area contributed by atoms with Crippen molar-refractivity contribution in [1.82, 2.24) is 0 Å². The van der Waals surface area contributed by atoms with Crippen LogP contribution >= 0.6 is 0 Å². The maximum Gasteiger partial charge on any atom is 0.306 e. The molecule has 4 rings (SSSR count). The Labute approximate surface area is 140 Å². The minimum absolute atomic E-state index is 0.0345. The molecule has 1 spiro atoms. The second-order valence-electron chi connectivity index (χ2n) is 8.81. The van der Waals surface area contributed by atoms with Crippen LogP contribution in [0.4, 0.5) is 0 Å². The summed E-state index contributed by atoms with van der Waals surface area (Å²) in [4.78, 5) is 11.8. The minimum atomic E-state index is -0.813. The van der Waals surface area contributed by atoms with Gasteiger partial charge in [0.2, 0.25) is 0 Å². The molecule has 4 nitrogen and oxygen atoms in total. The van der Waals surface area contributed by atoms with E-state index in [2.05, 4.69) is 6.92 Å². The molecule has 0 aromatic carbocycles. The number of aliphatic hydroxyl groups excluding tert-OH is 2. The molecule has 0 aromatic heterocycles. The van der Waals surface area contributed by atoms with Gasteiger partial charge in [0.25, 0.3) is 0 Å². The molecule has 0 saturated heterocycles. The smallest absolute Gasteiger partial charge is 0.306 e. The highest BCUT2D eigenvalue weighted by Crippen LogP contribution is 2.70. The van der Waals surface area contributed by atoms with E-state index in [0.29, 0.717) is 18.4 Å². The average molecular weight is 323 g/mol. The van der Waals surface area contributed by atoms with Crippen molar-refractivity contribution in [3.8, 4) is 0 Å². The molecule has 23 heavy (non-hydrogen) atoms. The van der Waals surface area contributed by atoms with Crippen LogP contribution in [0.25, 0.3) is 0 Å². The zero-order valence-electron chi connectivity index (χ0n) is 15.7. The molecule has 4 heteroatoms. The second kappa shape index (κ2) is 4.82. The predicted molar refractivity (Wildman–Crippen MR) is 85.6 cm³/mol. The van der Waals surface area contributed by atoms with E-state index < -0.39 is 24.1 Å². The van der Waals surface area contributed by atoms with E-state index in [0.717, 1.165) is 32.1 Å². The van der Waals surface area contributed by atoms with Crippen LogP contribution in [0.5, 0.6) is 0 Å². The molecule has 0 aromatic rings. The fraction of sp³-hybridized carbons (Fsp3) is 0.842. The summed E-state index contributed by atoms with van der Waals surface area (Å²) in [6.45, 7) is 1.88. The molecule has 3 N–H and O–H groups in total. The second-order valence-corrected chi connectivity index (χ2v) is 8.81. The van der Waals surface area contributed by atoms with Gasteiger partial charge >= 0.3 is 5.97 Å². The Morgan fingerprint density at radius 1 is 1.30 bits per heavy atom. The van der Waals surface area contributed by atoms with Gasteiger partial charge in [-0.05, 0) is 73.7 Å². The highest BCUT2D eigenvalue weighted by Gasteiger charge is 2.66. The summed E-state index contributed by atoms with van der Waals surface area (Å²) >= 11 is 0. The van der Waals surface area contributed by atoms with Gasteiger partial charge in [-0.2, -0.15) is 0 Å². The van der Waals surface area contributed by atoms with Gasteiger partial charge < -0.3 is 15.3 Å². The van der Waals surface area contributed by atoms with Crippen molar-refractivity contribution in [2.75, 3.05) is 0 Å². The number of fused-ring (bicyclic) bond motifs is 3. The number of carboxylic acids is 1. The van der Waals surface area contributed by atoms with Crippen molar-refractivity contribution in [1.29, 1.82) is 0 Å². The highest BCUT2D eigenvalue weighted by atomic mass is 16.4. The van der Waals surface area contributed by atoms with Gasteiger partial charge in [-0.3, -0.25) is 4.79 Å². The fourth-order valence-corrected chi connectivity index (χ4v) is 7.15. The van der Waals surface area contributed by atoms with Crippen LogP contribution in [0.3, 0.4) is 0 Å². The SMILES string of the molecule is [2H][13C]([2H])=C1[C@@H]2CC[C@H]3[C@]4(C)C[C@H](O)C[C@@H](C(=O)O)[C@H]4CC[C@]3(C2)[C@H]1O. The maximum absolute atomic E-state index is 11.8. The normalized spacial score (nSPS) is 56.2. The van der Waals surface area contributed by atoms with Gasteiger partial charge in [-0.1, -0.05) is 13.5 Å². The number of carboxylic acid groups (broad SMARTS) is 1. The van der Waals surface area contributed by atoms with Crippen LogP contribution in [-0.2, 0) is 4.79 Å². The first-order valence-electron chi connectivity index (χ1n) is 9.97. The van der Waals surface area contributed by atoms with Crippen LogP contribution in [0.15, 0.2) is 12.1 Å². The molecule has 4 aliphatic rings. The zero-order chi connectivity index (χ0) is 18.1. The molecule has 0 unspecified atom stereocenters. The van der Waals surface area contributed by atoms with Crippen molar-refractivity contribution >= 4 is 5.97 Å². The van der Waals surface area contributed by atoms with Gasteiger partial charge in [0.1, 0.15) is 0 Å². The molecule has 4 fully saturated rings. The summed E-state index contributed by atoms with van der Waals surface area (Å²) in [6.07, 6.45) is 3.65. The van der Waals surface area contributed by atoms with Gasteiger partial charge in [0, 0.05) is 5.41 Å². The largest absolute Gasteiger partial charge is 0.481 e. The summed E-state index contributed by atoms with van der Waals surface area (Å²) in [5.41, 5.74) is -0.0441.